The van der Waals surface area contributed by atoms with E-state index in [1.807, 2.05) is 32.0 Å². The molecule has 1 amide bonds. The average Bonchev–Trinajstić information content (AvgIpc) is 2.48. The molecule has 0 aliphatic rings. The molecule has 1 heterocycles. The van der Waals surface area contributed by atoms with Crippen LogP contribution in [0.3, 0.4) is 0 Å². The molecule has 0 aliphatic heterocycles. The molecule has 1 aromatic heterocycles. The fraction of sp³-hybridized carbons (Fsp3) is 0.250. The number of carbonyl (C=O) groups excluding carboxylic acids is 1. The predicted octanol–water partition coefficient (Wildman–Crippen LogP) is 3.08. The maximum atomic E-state index is 12.5. The molecule has 0 bridgehead atoms. The Labute approximate surface area is 124 Å². The molecule has 1 aromatic carbocycles. The first-order valence-corrected chi connectivity index (χ1v) is 6.79. The van der Waals surface area contributed by atoms with Crippen molar-refractivity contribution in [2.75, 3.05) is 24.3 Å². The molecule has 0 radical (unpaired) electrons. The van der Waals surface area contributed by atoms with Gasteiger partial charge in [-0.15, -0.1) is 0 Å². The van der Waals surface area contributed by atoms with Gasteiger partial charge in [-0.25, -0.2) is 0 Å². The molecule has 2 rings (SSSR count). The van der Waals surface area contributed by atoms with Crippen LogP contribution in [-0.4, -0.2) is 24.5 Å². The number of benzene rings is 1. The van der Waals surface area contributed by atoms with Gasteiger partial charge < -0.3 is 15.4 Å². The molecule has 5 nitrogen and oxygen atoms in total. The first-order valence-electron chi connectivity index (χ1n) is 6.79. The minimum Gasteiger partial charge on any atom is -0.495 e. The highest BCUT2D eigenvalue weighted by Crippen LogP contribution is 2.26. The quantitative estimate of drug-likeness (QED) is 0.886. The lowest BCUT2D eigenvalue weighted by molar-refractivity contribution is 0.102. The maximum absolute atomic E-state index is 12.5. The second kappa shape index (κ2) is 6.74. The number of anilines is 2. The number of methoxy groups -OCH3 is 1. The summed E-state index contributed by atoms with van der Waals surface area (Å²) in [4.78, 5) is 16.5. The number of nitrogens with one attached hydrogen (secondary N) is 2. The SMILES string of the molecule is CCNc1cnccc1C(=O)Nc1cc(C)ccc1OC. The molecule has 5 heteroatoms. The lowest BCUT2D eigenvalue weighted by atomic mass is 10.1. The van der Waals surface area contributed by atoms with E-state index in [0.29, 0.717) is 22.7 Å². The van der Waals surface area contributed by atoms with Gasteiger partial charge in [0, 0.05) is 12.7 Å². The van der Waals surface area contributed by atoms with Crippen LogP contribution in [0.5, 0.6) is 5.75 Å². The summed E-state index contributed by atoms with van der Waals surface area (Å²) in [5, 5.41) is 6.01. The van der Waals surface area contributed by atoms with E-state index in [0.717, 1.165) is 12.1 Å². The first-order chi connectivity index (χ1) is 10.2. The van der Waals surface area contributed by atoms with E-state index < -0.39 is 0 Å². The molecule has 0 fully saturated rings. The molecule has 2 aromatic rings. The number of hydrogen-bond donors (Lipinski definition) is 2. The van der Waals surface area contributed by atoms with Gasteiger partial charge in [0.05, 0.1) is 30.2 Å². The van der Waals surface area contributed by atoms with E-state index in [1.165, 1.54) is 0 Å². The lowest BCUT2D eigenvalue weighted by Gasteiger charge is -2.13. The molecule has 0 saturated heterocycles. The highest BCUT2D eigenvalue weighted by Gasteiger charge is 2.13. The molecule has 0 saturated carbocycles. The standard InChI is InChI=1S/C16H19N3O2/c1-4-18-14-10-17-8-7-12(14)16(20)19-13-9-11(2)5-6-15(13)21-3/h5-10,18H,4H2,1-3H3,(H,19,20). The van der Waals surface area contributed by atoms with Crippen LogP contribution >= 0.6 is 0 Å². The molecular weight excluding hydrogens is 266 g/mol. The Morgan fingerprint density at radius 2 is 2.10 bits per heavy atom. The van der Waals surface area contributed by atoms with Gasteiger partial charge in [0.15, 0.2) is 0 Å². The fourth-order valence-electron chi connectivity index (χ4n) is 2.03. The number of ether oxygens (including phenoxy) is 1. The van der Waals surface area contributed by atoms with Gasteiger partial charge in [-0.05, 0) is 37.6 Å². The summed E-state index contributed by atoms with van der Waals surface area (Å²) in [5.41, 5.74) is 2.97. The monoisotopic (exact) mass is 285 g/mol. The van der Waals surface area contributed by atoms with Crippen LogP contribution in [0.15, 0.2) is 36.7 Å². The van der Waals surface area contributed by atoms with Crippen molar-refractivity contribution in [1.82, 2.24) is 4.98 Å². The number of carbonyl (C=O) groups is 1. The highest BCUT2D eigenvalue weighted by atomic mass is 16.5. The lowest BCUT2D eigenvalue weighted by Crippen LogP contribution is -2.15. The Kier molecular flexibility index (Phi) is 4.77. The average molecular weight is 285 g/mol. The van der Waals surface area contributed by atoms with Crippen molar-refractivity contribution in [3.63, 3.8) is 0 Å². The number of aromatic nitrogens is 1. The van der Waals surface area contributed by atoms with Gasteiger partial charge in [-0.2, -0.15) is 0 Å². The smallest absolute Gasteiger partial charge is 0.257 e. The largest absolute Gasteiger partial charge is 0.495 e. The van der Waals surface area contributed by atoms with Gasteiger partial charge >= 0.3 is 0 Å². The Hall–Kier alpha value is -2.56. The maximum Gasteiger partial charge on any atom is 0.257 e. The van der Waals surface area contributed by atoms with Crippen molar-refractivity contribution in [3.8, 4) is 5.75 Å². The number of rotatable bonds is 5. The van der Waals surface area contributed by atoms with Crippen LogP contribution in [0, 0.1) is 6.92 Å². The Balaban J connectivity index is 2.28. The number of aryl methyl sites for hydroxylation is 1. The van der Waals surface area contributed by atoms with Crippen LogP contribution in [0.1, 0.15) is 22.8 Å². The van der Waals surface area contributed by atoms with Crippen LogP contribution in [0.2, 0.25) is 0 Å². The van der Waals surface area contributed by atoms with Crippen molar-refractivity contribution >= 4 is 17.3 Å². The van der Waals surface area contributed by atoms with E-state index in [2.05, 4.69) is 15.6 Å². The molecular formula is C16H19N3O2. The van der Waals surface area contributed by atoms with Crippen LogP contribution in [0.25, 0.3) is 0 Å². The minimum atomic E-state index is -0.197. The van der Waals surface area contributed by atoms with Crippen molar-refractivity contribution in [2.24, 2.45) is 0 Å². The van der Waals surface area contributed by atoms with Crippen LogP contribution in [-0.2, 0) is 0 Å². The van der Waals surface area contributed by atoms with Crippen LogP contribution in [0.4, 0.5) is 11.4 Å². The van der Waals surface area contributed by atoms with Crippen molar-refractivity contribution in [2.45, 2.75) is 13.8 Å². The molecule has 0 atom stereocenters. The van der Waals surface area contributed by atoms with Gasteiger partial charge in [0.25, 0.3) is 5.91 Å². The van der Waals surface area contributed by atoms with Crippen molar-refractivity contribution in [3.05, 3.63) is 47.8 Å². The normalized spacial score (nSPS) is 10.0. The summed E-state index contributed by atoms with van der Waals surface area (Å²) in [6.45, 7) is 4.66. The summed E-state index contributed by atoms with van der Waals surface area (Å²) in [6.07, 6.45) is 3.25. The third kappa shape index (κ3) is 3.51. The fourth-order valence-corrected chi connectivity index (χ4v) is 2.03. The second-order valence-corrected chi connectivity index (χ2v) is 4.61. The summed E-state index contributed by atoms with van der Waals surface area (Å²) in [7, 11) is 1.58. The van der Waals surface area contributed by atoms with Gasteiger partial charge in [-0.3, -0.25) is 9.78 Å². The summed E-state index contributed by atoms with van der Waals surface area (Å²) in [5.74, 6) is 0.435. The summed E-state index contributed by atoms with van der Waals surface area (Å²) < 4.78 is 5.27. The topological polar surface area (TPSA) is 63.2 Å². The number of hydrogen-bond acceptors (Lipinski definition) is 4. The van der Waals surface area contributed by atoms with E-state index in [9.17, 15) is 4.79 Å². The number of amides is 1. The molecule has 21 heavy (non-hydrogen) atoms. The van der Waals surface area contributed by atoms with E-state index in [-0.39, 0.29) is 5.91 Å². The predicted molar refractivity (Wildman–Crippen MR) is 84.1 cm³/mol. The zero-order chi connectivity index (χ0) is 15.2. The Bertz CT molecular complexity index is 641. The molecule has 0 spiro atoms. The van der Waals surface area contributed by atoms with Crippen LogP contribution < -0.4 is 15.4 Å². The third-order valence-electron chi connectivity index (χ3n) is 3.04. The molecule has 0 aliphatic carbocycles. The second-order valence-electron chi connectivity index (χ2n) is 4.61. The molecule has 2 N–H and O–H groups in total. The van der Waals surface area contributed by atoms with Gasteiger partial charge in [0.1, 0.15) is 5.75 Å². The van der Waals surface area contributed by atoms with E-state index >= 15 is 0 Å². The number of pyridine rings is 1. The highest BCUT2D eigenvalue weighted by molar-refractivity contribution is 6.08. The van der Waals surface area contributed by atoms with Crippen molar-refractivity contribution in [1.29, 1.82) is 0 Å². The zero-order valence-corrected chi connectivity index (χ0v) is 12.4. The minimum absolute atomic E-state index is 0.197. The summed E-state index contributed by atoms with van der Waals surface area (Å²) in [6, 6.07) is 7.34. The first kappa shape index (κ1) is 14.8. The zero-order valence-electron chi connectivity index (χ0n) is 12.4. The molecule has 110 valence electrons. The Morgan fingerprint density at radius 1 is 1.29 bits per heavy atom. The van der Waals surface area contributed by atoms with E-state index in [1.54, 1.807) is 25.6 Å². The summed E-state index contributed by atoms with van der Waals surface area (Å²) >= 11 is 0. The Morgan fingerprint density at radius 3 is 2.81 bits per heavy atom. The number of nitrogens with zero attached hydrogens (tertiary/aromatic N) is 1. The van der Waals surface area contributed by atoms with Gasteiger partial charge in [-0.1, -0.05) is 6.07 Å². The third-order valence-corrected chi connectivity index (χ3v) is 3.04. The van der Waals surface area contributed by atoms with Crippen molar-refractivity contribution < 1.29 is 9.53 Å². The molecule has 0 unspecified atom stereocenters. The van der Waals surface area contributed by atoms with E-state index in [4.69, 9.17) is 4.74 Å². The van der Waals surface area contributed by atoms with Gasteiger partial charge in [0.2, 0.25) is 0 Å².